The first-order chi connectivity index (χ1) is 14.5. The van der Waals surface area contributed by atoms with Gasteiger partial charge in [-0.25, -0.2) is 9.97 Å². The second-order valence-electron chi connectivity index (χ2n) is 7.39. The van der Waals surface area contributed by atoms with E-state index in [1.54, 1.807) is 6.20 Å². The Hall–Kier alpha value is -3.13. The van der Waals surface area contributed by atoms with Gasteiger partial charge in [0.1, 0.15) is 0 Å². The average Bonchev–Trinajstić information content (AvgIpc) is 3.21. The van der Waals surface area contributed by atoms with Crippen molar-refractivity contribution in [2.24, 2.45) is 0 Å². The lowest BCUT2D eigenvalue weighted by atomic mass is 10.0. The van der Waals surface area contributed by atoms with E-state index < -0.39 is 11.7 Å². The number of rotatable bonds is 3. The van der Waals surface area contributed by atoms with Gasteiger partial charge in [-0.3, -0.25) is 4.90 Å². The Labute approximate surface area is 171 Å². The van der Waals surface area contributed by atoms with Gasteiger partial charge in [-0.1, -0.05) is 18.2 Å². The molecular formula is C22H18F3N3O2. The quantitative estimate of drug-likeness (QED) is 0.635. The van der Waals surface area contributed by atoms with E-state index in [4.69, 9.17) is 9.47 Å². The standard InChI is InChI=1S/C22H18F3N3O2/c23-22(24,25)17-4-2-15(3-5-17)21-26-10-16-7-8-28(12-18(16)27-21)11-14-1-6-19-20(9-14)30-13-29-19/h1-6,9-10H,7-8,11-13H2. The molecule has 2 aliphatic rings. The molecule has 0 unspecified atom stereocenters. The lowest BCUT2D eigenvalue weighted by Crippen LogP contribution is -2.31. The van der Waals surface area contributed by atoms with Crippen molar-refractivity contribution in [1.29, 1.82) is 0 Å². The van der Waals surface area contributed by atoms with E-state index in [1.807, 2.05) is 18.2 Å². The fourth-order valence-electron chi connectivity index (χ4n) is 3.74. The largest absolute Gasteiger partial charge is 0.454 e. The predicted octanol–water partition coefficient (Wildman–Crippen LogP) is 4.45. The highest BCUT2D eigenvalue weighted by Gasteiger charge is 2.30. The Morgan fingerprint density at radius 3 is 2.60 bits per heavy atom. The van der Waals surface area contributed by atoms with Crippen LogP contribution in [0.2, 0.25) is 0 Å². The van der Waals surface area contributed by atoms with Crippen LogP contribution < -0.4 is 9.47 Å². The molecule has 0 radical (unpaired) electrons. The third-order valence-corrected chi connectivity index (χ3v) is 5.34. The third kappa shape index (κ3) is 3.70. The molecule has 0 amide bonds. The Balaban J connectivity index is 1.33. The van der Waals surface area contributed by atoms with Crippen molar-refractivity contribution >= 4 is 0 Å². The molecule has 0 fully saturated rings. The second-order valence-corrected chi connectivity index (χ2v) is 7.39. The number of hydrogen-bond donors (Lipinski definition) is 0. The van der Waals surface area contributed by atoms with Crippen LogP contribution in [0.1, 0.15) is 22.4 Å². The molecule has 0 bridgehead atoms. The van der Waals surface area contributed by atoms with Crippen molar-refractivity contribution in [1.82, 2.24) is 14.9 Å². The Bertz CT molecular complexity index is 1080. The molecule has 5 nitrogen and oxygen atoms in total. The number of aromatic nitrogens is 2. The highest BCUT2D eigenvalue weighted by Crippen LogP contribution is 2.33. The van der Waals surface area contributed by atoms with Crippen molar-refractivity contribution in [2.45, 2.75) is 25.7 Å². The van der Waals surface area contributed by atoms with Gasteiger partial charge in [-0.15, -0.1) is 0 Å². The van der Waals surface area contributed by atoms with Crippen LogP contribution >= 0.6 is 0 Å². The first-order valence-corrected chi connectivity index (χ1v) is 9.59. The van der Waals surface area contributed by atoms with Crippen molar-refractivity contribution < 1.29 is 22.6 Å². The lowest BCUT2D eigenvalue weighted by Gasteiger charge is -2.28. The Morgan fingerprint density at radius 2 is 1.80 bits per heavy atom. The fourth-order valence-corrected chi connectivity index (χ4v) is 3.74. The third-order valence-electron chi connectivity index (χ3n) is 5.34. The zero-order valence-corrected chi connectivity index (χ0v) is 15.9. The minimum absolute atomic E-state index is 0.250. The Morgan fingerprint density at radius 1 is 1.00 bits per heavy atom. The summed E-state index contributed by atoms with van der Waals surface area (Å²) < 4.78 is 49.2. The minimum atomic E-state index is -4.36. The number of hydrogen-bond acceptors (Lipinski definition) is 5. The summed E-state index contributed by atoms with van der Waals surface area (Å²) in [5, 5.41) is 0. The molecule has 5 rings (SSSR count). The summed E-state index contributed by atoms with van der Waals surface area (Å²) >= 11 is 0. The van der Waals surface area contributed by atoms with E-state index in [0.29, 0.717) is 17.9 Å². The number of alkyl halides is 3. The molecule has 3 aromatic rings. The summed E-state index contributed by atoms with van der Waals surface area (Å²) in [6.45, 7) is 2.53. The number of ether oxygens (including phenoxy) is 2. The van der Waals surface area contributed by atoms with Crippen molar-refractivity contribution in [3.63, 3.8) is 0 Å². The number of halogens is 3. The smallest absolute Gasteiger partial charge is 0.416 e. The Kier molecular flexibility index (Phi) is 4.58. The summed E-state index contributed by atoms with van der Waals surface area (Å²) in [4.78, 5) is 11.3. The van der Waals surface area contributed by atoms with Crippen molar-refractivity contribution in [3.8, 4) is 22.9 Å². The molecule has 2 aliphatic heterocycles. The zero-order valence-electron chi connectivity index (χ0n) is 15.9. The van der Waals surface area contributed by atoms with E-state index in [-0.39, 0.29) is 6.79 Å². The summed E-state index contributed by atoms with van der Waals surface area (Å²) in [6.07, 6.45) is -1.75. The highest BCUT2D eigenvalue weighted by molar-refractivity contribution is 5.56. The van der Waals surface area contributed by atoms with Crippen LogP contribution in [0, 0.1) is 0 Å². The lowest BCUT2D eigenvalue weighted by molar-refractivity contribution is -0.137. The summed E-state index contributed by atoms with van der Waals surface area (Å²) in [5.41, 5.74) is 3.00. The van der Waals surface area contributed by atoms with Gasteiger partial charge in [0.15, 0.2) is 17.3 Å². The highest BCUT2D eigenvalue weighted by atomic mass is 19.4. The van der Waals surface area contributed by atoms with Gasteiger partial charge in [0.2, 0.25) is 6.79 Å². The van der Waals surface area contributed by atoms with Gasteiger partial charge in [-0.2, -0.15) is 13.2 Å². The van der Waals surface area contributed by atoms with Gasteiger partial charge < -0.3 is 9.47 Å². The molecule has 0 saturated heterocycles. The topological polar surface area (TPSA) is 47.5 Å². The van der Waals surface area contributed by atoms with Crippen LogP contribution in [0.15, 0.2) is 48.7 Å². The van der Waals surface area contributed by atoms with Gasteiger partial charge >= 0.3 is 6.18 Å². The van der Waals surface area contributed by atoms with Crippen LogP contribution in [0.4, 0.5) is 13.2 Å². The predicted molar refractivity (Wildman–Crippen MR) is 103 cm³/mol. The van der Waals surface area contributed by atoms with E-state index in [1.165, 1.54) is 12.1 Å². The molecule has 1 aromatic heterocycles. The average molecular weight is 413 g/mol. The normalized spacial score (nSPS) is 15.8. The maximum atomic E-state index is 12.8. The molecule has 0 saturated carbocycles. The van der Waals surface area contributed by atoms with Crippen LogP contribution in [-0.2, 0) is 25.7 Å². The molecule has 0 aliphatic carbocycles. The number of fused-ring (bicyclic) bond motifs is 2. The molecular weight excluding hydrogens is 395 g/mol. The second kappa shape index (κ2) is 7.28. The molecule has 154 valence electrons. The molecule has 0 atom stereocenters. The number of nitrogens with zero attached hydrogens (tertiary/aromatic N) is 3. The molecule has 30 heavy (non-hydrogen) atoms. The molecule has 0 N–H and O–H groups in total. The molecule has 3 heterocycles. The van der Waals surface area contributed by atoms with Crippen molar-refractivity contribution in [2.75, 3.05) is 13.3 Å². The van der Waals surface area contributed by atoms with Gasteiger partial charge in [0, 0.05) is 31.4 Å². The van der Waals surface area contributed by atoms with Gasteiger partial charge in [0.25, 0.3) is 0 Å². The van der Waals surface area contributed by atoms with Crippen molar-refractivity contribution in [3.05, 3.63) is 71.0 Å². The summed E-state index contributed by atoms with van der Waals surface area (Å²) in [7, 11) is 0. The number of benzene rings is 2. The molecule has 8 heteroatoms. The maximum absolute atomic E-state index is 12.8. The van der Waals surface area contributed by atoms with Gasteiger partial charge in [0.05, 0.1) is 11.3 Å². The van der Waals surface area contributed by atoms with Crippen LogP contribution in [-0.4, -0.2) is 28.2 Å². The van der Waals surface area contributed by atoms with E-state index in [9.17, 15) is 13.2 Å². The van der Waals surface area contributed by atoms with Crippen LogP contribution in [0.5, 0.6) is 11.5 Å². The minimum Gasteiger partial charge on any atom is -0.454 e. The van der Waals surface area contributed by atoms with Crippen LogP contribution in [0.25, 0.3) is 11.4 Å². The summed E-state index contributed by atoms with van der Waals surface area (Å²) in [5.74, 6) is 1.96. The monoisotopic (exact) mass is 413 g/mol. The maximum Gasteiger partial charge on any atom is 0.416 e. The zero-order chi connectivity index (χ0) is 20.7. The fraction of sp³-hybridized carbons (Fsp3) is 0.273. The summed E-state index contributed by atoms with van der Waals surface area (Å²) in [6, 6.07) is 10.9. The van der Waals surface area contributed by atoms with Gasteiger partial charge in [-0.05, 0) is 41.8 Å². The van der Waals surface area contributed by atoms with E-state index in [2.05, 4.69) is 14.9 Å². The SMILES string of the molecule is FC(F)(F)c1ccc(-c2ncc3c(n2)CN(Cc2ccc4c(c2)OCO4)CC3)cc1. The van der Waals surface area contributed by atoms with E-state index >= 15 is 0 Å². The molecule has 2 aromatic carbocycles. The van der Waals surface area contributed by atoms with E-state index in [0.717, 1.165) is 60.0 Å². The molecule has 0 spiro atoms. The van der Waals surface area contributed by atoms with Crippen LogP contribution in [0.3, 0.4) is 0 Å². The first-order valence-electron chi connectivity index (χ1n) is 9.59. The first kappa shape index (κ1) is 18.9.